The van der Waals surface area contributed by atoms with Crippen molar-refractivity contribution in [3.63, 3.8) is 0 Å². The van der Waals surface area contributed by atoms with Gasteiger partial charge in [-0.25, -0.2) is 4.79 Å². The lowest BCUT2D eigenvalue weighted by molar-refractivity contribution is -0.140. The Morgan fingerprint density at radius 2 is 1.78 bits per heavy atom. The summed E-state index contributed by atoms with van der Waals surface area (Å²) in [6.07, 6.45) is 9.94. The second kappa shape index (κ2) is 14.4. The second-order valence-electron chi connectivity index (χ2n) is 9.66. The summed E-state index contributed by atoms with van der Waals surface area (Å²) in [5.41, 5.74) is 1.82. The Morgan fingerprint density at radius 1 is 1.03 bits per heavy atom. The van der Waals surface area contributed by atoms with E-state index in [2.05, 4.69) is 36.2 Å². The number of hydrogen-bond donors (Lipinski definition) is 1. The van der Waals surface area contributed by atoms with Crippen LogP contribution in [0.25, 0.3) is 0 Å². The molecule has 1 aliphatic heterocycles. The first kappa shape index (κ1) is 27.5. The van der Waals surface area contributed by atoms with Gasteiger partial charge in [-0.2, -0.15) is 0 Å². The number of allylic oxidation sites excluding steroid dienone is 2. The monoisotopic (exact) mass is 492 g/mol. The minimum atomic E-state index is -0.446. The van der Waals surface area contributed by atoms with Crippen molar-refractivity contribution in [2.45, 2.75) is 65.0 Å². The number of unbranched alkanes of at least 4 members (excludes halogenated alkanes) is 2. The van der Waals surface area contributed by atoms with Crippen LogP contribution in [-0.4, -0.2) is 37.0 Å². The maximum Gasteiger partial charge on any atom is 0.333 e. The molecule has 1 fully saturated rings. The lowest BCUT2D eigenvalue weighted by Gasteiger charge is -2.26. The number of nitrogens with one attached hydrogen (secondary N) is 1. The molecule has 0 radical (unpaired) electrons. The van der Waals surface area contributed by atoms with Crippen molar-refractivity contribution in [2.75, 3.05) is 20.2 Å². The Hall–Kier alpha value is -3.12. The average molecular weight is 493 g/mol. The maximum atomic E-state index is 13.3. The fourth-order valence-corrected chi connectivity index (χ4v) is 4.41. The van der Waals surface area contributed by atoms with Crippen LogP contribution in [0, 0.1) is 5.92 Å². The molecular formula is C30H40N2O4. The Morgan fingerprint density at radius 3 is 2.47 bits per heavy atom. The Bertz CT molecular complexity index is 997. The number of benzene rings is 2. The van der Waals surface area contributed by atoms with Gasteiger partial charge < -0.3 is 14.8 Å². The summed E-state index contributed by atoms with van der Waals surface area (Å²) in [6, 6.07) is 14.7. The minimum absolute atomic E-state index is 0.0358. The van der Waals surface area contributed by atoms with E-state index in [1.807, 2.05) is 42.5 Å². The van der Waals surface area contributed by atoms with Crippen molar-refractivity contribution in [1.29, 1.82) is 0 Å². The van der Waals surface area contributed by atoms with Crippen molar-refractivity contribution in [1.82, 2.24) is 10.2 Å². The molecule has 1 N–H and O–H groups in total. The maximum absolute atomic E-state index is 13.3. The molecule has 1 heterocycles. The number of rotatable bonds is 13. The SMILES string of the molecule is COc1cc(CNC(=O)CCCC/C=C/C(C)C)ccc1OC(=O)C(c1ccccc1)N1CCCC1. The molecule has 0 saturated carbocycles. The largest absolute Gasteiger partial charge is 0.493 e. The van der Waals surface area contributed by atoms with Gasteiger partial charge in [0.25, 0.3) is 0 Å². The molecule has 2 aromatic rings. The Kier molecular flexibility index (Phi) is 11.0. The van der Waals surface area contributed by atoms with Crippen LogP contribution in [0.2, 0.25) is 0 Å². The van der Waals surface area contributed by atoms with Gasteiger partial charge in [0, 0.05) is 13.0 Å². The first-order valence-electron chi connectivity index (χ1n) is 13.1. The fraction of sp³-hybridized carbons (Fsp3) is 0.467. The first-order valence-corrected chi connectivity index (χ1v) is 13.1. The first-order chi connectivity index (χ1) is 17.5. The molecule has 1 saturated heterocycles. The summed E-state index contributed by atoms with van der Waals surface area (Å²) in [5.74, 6) is 1.14. The van der Waals surface area contributed by atoms with Crippen LogP contribution in [0.3, 0.4) is 0 Å². The molecule has 6 heteroatoms. The normalized spacial score (nSPS) is 14.8. The quantitative estimate of drug-likeness (QED) is 0.165. The van der Waals surface area contributed by atoms with Crippen LogP contribution in [0.1, 0.15) is 69.5 Å². The summed E-state index contributed by atoms with van der Waals surface area (Å²) >= 11 is 0. The van der Waals surface area contributed by atoms with Gasteiger partial charge in [-0.05, 0) is 74.4 Å². The summed E-state index contributed by atoms with van der Waals surface area (Å²) < 4.78 is 11.4. The third kappa shape index (κ3) is 8.52. The zero-order valence-corrected chi connectivity index (χ0v) is 21.9. The smallest absolute Gasteiger partial charge is 0.333 e. The van der Waals surface area contributed by atoms with Gasteiger partial charge in [0.05, 0.1) is 7.11 Å². The van der Waals surface area contributed by atoms with E-state index in [1.165, 1.54) is 0 Å². The number of esters is 1. The van der Waals surface area contributed by atoms with E-state index >= 15 is 0 Å². The molecule has 194 valence electrons. The van der Waals surface area contributed by atoms with Gasteiger partial charge in [0.15, 0.2) is 11.5 Å². The summed E-state index contributed by atoms with van der Waals surface area (Å²) in [6.45, 7) is 6.46. The average Bonchev–Trinajstić information content (AvgIpc) is 3.40. The molecule has 36 heavy (non-hydrogen) atoms. The number of hydrogen-bond acceptors (Lipinski definition) is 5. The highest BCUT2D eigenvalue weighted by atomic mass is 16.6. The van der Waals surface area contributed by atoms with Gasteiger partial charge in [0.1, 0.15) is 6.04 Å². The standard InChI is InChI=1S/C30H40N2O4/c1-23(2)13-7-4-5-10-16-28(33)31-22-24-17-18-26(27(21-24)35-3)36-30(34)29(32-19-11-12-20-32)25-14-8-6-9-15-25/h6-9,13-15,17-18,21,23,29H,4-5,10-12,16,19-20,22H2,1-3H3,(H,31,33)/b13-7+. The van der Waals surface area contributed by atoms with E-state index in [1.54, 1.807) is 13.2 Å². The van der Waals surface area contributed by atoms with Gasteiger partial charge in [0.2, 0.25) is 5.91 Å². The molecule has 0 bridgehead atoms. The van der Waals surface area contributed by atoms with E-state index in [9.17, 15) is 9.59 Å². The predicted octanol–water partition coefficient (Wildman–Crippen LogP) is 5.83. The molecule has 0 aromatic heterocycles. The molecule has 0 spiro atoms. The molecule has 2 aromatic carbocycles. The highest BCUT2D eigenvalue weighted by Gasteiger charge is 2.31. The summed E-state index contributed by atoms with van der Waals surface area (Å²) in [5, 5.41) is 2.97. The molecule has 3 rings (SSSR count). The van der Waals surface area contributed by atoms with E-state index < -0.39 is 6.04 Å². The lowest BCUT2D eigenvalue weighted by Crippen LogP contribution is -2.34. The molecular weight excluding hydrogens is 452 g/mol. The van der Waals surface area contributed by atoms with E-state index in [0.29, 0.717) is 30.4 Å². The van der Waals surface area contributed by atoms with Crippen LogP contribution < -0.4 is 14.8 Å². The topological polar surface area (TPSA) is 67.9 Å². The highest BCUT2D eigenvalue weighted by molar-refractivity contribution is 5.80. The number of amides is 1. The second-order valence-corrected chi connectivity index (χ2v) is 9.66. The van der Waals surface area contributed by atoms with E-state index in [4.69, 9.17) is 9.47 Å². The Labute approximate surface area is 215 Å². The molecule has 1 atom stereocenters. The van der Waals surface area contributed by atoms with Crippen LogP contribution in [0.4, 0.5) is 0 Å². The third-order valence-electron chi connectivity index (χ3n) is 6.32. The molecule has 1 unspecified atom stereocenters. The lowest BCUT2D eigenvalue weighted by atomic mass is 10.1. The third-order valence-corrected chi connectivity index (χ3v) is 6.32. The van der Waals surface area contributed by atoms with Crippen LogP contribution in [-0.2, 0) is 16.1 Å². The van der Waals surface area contributed by atoms with E-state index in [0.717, 1.165) is 56.3 Å². The number of carbonyl (C=O) groups excluding carboxylic acids is 2. The van der Waals surface area contributed by atoms with Crippen molar-refractivity contribution in [3.8, 4) is 11.5 Å². The number of ether oxygens (including phenoxy) is 2. The van der Waals surface area contributed by atoms with Crippen LogP contribution in [0.15, 0.2) is 60.7 Å². The van der Waals surface area contributed by atoms with Crippen molar-refractivity contribution in [3.05, 3.63) is 71.8 Å². The molecule has 6 nitrogen and oxygen atoms in total. The van der Waals surface area contributed by atoms with Crippen molar-refractivity contribution in [2.24, 2.45) is 5.92 Å². The summed E-state index contributed by atoms with van der Waals surface area (Å²) in [7, 11) is 1.55. The predicted molar refractivity (Wildman–Crippen MR) is 143 cm³/mol. The highest BCUT2D eigenvalue weighted by Crippen LogP contribution is 2.32. The molecule has 1 aliphatic rings. The number of carbonyl (C=O) groups is 2. The zero-order valence-electron chi connectivity index (χ0n) is 21.9. The summed E-state index contributed by atoms with van der Waals surface area (Å²) in [4.78, 5) is 27.7. The van der Waals surface area contributed by atoms with Crippen LogP contribution >= 0.6 is 0 Å². The Balaban J connectivity index is 1.55. The molecule has 1 amide bonds. The van der Waals surface area contributed by atoms with Gasteiger partial charge >= 0.3 is 5.97 Å². The number of methoxy groups -OCH3 is 1. The zero-order chi connectivity index (χ0) is 25.8. The fourth-order valence-electron chi connectivity index (χ4n) is 4.41. The van der Waals surface area contributed by atoms with Gasteiger partial charge in [-0.1, -0.05) is 62.4 Å². The number of nitrogens with zero attached hydrogens (tertiary/aromatic N) is 1. The van der Waals surface area contributed by atoms with Crippen LogP contribution in [0.5, 0.6) is 11.5 Å². The van der Waals surface area contributed by atoms with Crippen molar-refractivity contribution < 1.29 is 19.1 Å². The van der Waals surface area contributed by atoms with Crippen molar-refractivity contribution >= 4 is 11.9 Å². The van der Waals surface area contributed by atoms with Gasteiger partial charge in [-0.3, -0.25) is 9.69 Å². The molecule has 0 aliphatic carbocycles. The van der Waals surface area contributed by atoms with E-state index in [-0.39, 0.29) is 11.9 Å². The van der Waals surface area contributed by atoms with Gasteiger partial charge in [-0.15, -0.1) is 0 Å². The minimum Gasteiger partial charge on any atom is -0.493 e. The number of likely N-dealkylation sites (tertiary alicyclic amines) is 1.